The molecule has 3 heteroatoms. The molecule has 29 heavy (non-hydrogen) atoms. The lowest BCUT2D eigenvalue weighted by Crippen LogP contribution is -2.48. The molecule has 0 aromatic rings. The van der Waals surface area contributed by atoms with Gasteiger partial charge in [-0.05, 0) is 72.8 Å². The van der Waals surface area contributed by atoms with Crippen LogP contribution in [0.3, 0.4) is 0 Å². The van der Waals surface area contributed by atoms with Gasteiger partial charge in [0.25, 0.3) is 0 Å². The van der Waals surface area contributed by atoms with Crippen molar-refractivity contribution in [3.05, 3.63) is 23.0 Å². The molecular formula is C26H40O3. The van der Waals surface area contributed by atoms with Crippen molar-refractivity contribution >= 4 is 5.97 Å². The number of aliphatic hydroxyl groups excluding tert-OH is 1. The van der Waals surface area contributed by atoms with E-state index in [-0.39, 0.29) is 28.8 Å². The molecule has 162 valence electrons. The molecule has 0 spiro atoms. The highest BCUT2D eigenvalue weighted by Crippen LogP contribution is 2.63. The van der Waals surface area contributed by atoms with Gasteiger partial charge in [0.2, 0.25) is 0 Å². The first-order chi connectivity index (χ1) is 13.7. The van der Waals surface area contributed by atoms with Gasteiger partial charge in [-0.2, -0.15) is 0 Å². The first-order valence-corrected chi connectivity index (χ1v) is 12.0. The van der Waals surface area contributed by atoms with Crippen LogP contribution in [0.25, 0.3) is 0 Å². The van der Waals surface area contributed by atoms with E-state index in [1.807, 2.05) is 0 Å². The number of fused-ring (bicyclic) bond motifs is 4. The first-order valence-electron chi connectivity index (χ1n) is 12.0. The van der Waals surface area contributed by atoms with Gasteiger partial charge in [0.15, 0.2) is 0 Å². The van der Waals surface area contributed by atoms with Crippen molar-refractivity contribution in [1.29, 1.82) is 0 Å². The van der Waals surface area contributed by atoms with Gasteiger partial charge in [0, 0.05) is 5.41 Å². The minimum absolute atomic E-state index is 0.108. The molecule has 4 aliphatic rings. The normalized spacial score (nSPS) is 40.2. The Morgan fingerprint density at radius 1 is 1.17 bits per heavy atom. The van der Waals surface area contributed by atoms with E-state index in [1.54, 1.807) is 0 Å². The molecule has 1 fully saturated rings. The average Bonchev–Trinajstić information content (AvgIpc) is 3.00. The molecule has 3 aliphatic carbocycles. The van der Waals surface area contributed by atoms with E-state index < -0.39 is 0 Å². The summed E-state index contributed by atoms with van der Waals surface area (Å²) in [5, 5.41) is 10.1. The second-order valence-electron chi connectivity index (χ2n) is 11.3. The largest absolute Gasteiger partial charge is 0.426 e. The molecule has 6 atom stereocenters. The van der Waals surface area contributed by atoms with Crippen molar-refractivity contribution in [2.24, 2.45) is 34.5 Å². The number of ether oxygens (including phenoxy) is 1. The van der Waals surface area contributed by atoms with Gasteiger partial charge >= 0.3 is 5.97 Å². The smallest absolute Gasteiger partial charge is 0.315 e. The SMILES string of the molecule is CC(C)CCC[C@@H](C)[C@H]1CC=C2C3=C(CC[C@@]21C)[C@@]1(C)CCC(O)C[C@@H]1C(=O)O3. The molecule has 0 saturated heterocycles. The third-order valence-electron chi connectivity index (χ3n) is 9.00. The maximum absolute atomic E-state index is 13.0. The average molecular weight is 401 g/mol. The molecule has 0 amide bonds. The minimum Gasteiger partial charge on any atom is -0.426 e. The van der Waals surface area contributed by atoms with Crippen LogP contribution in [0.5, 0.6) is 0 Å². The highest BCUT2D eigenvalue weighted by Gasteiger charge is 2.56. The van der Waals surface area contributed by atoms with Crippen molar-refractivity contribution in [3.63, 3.8) is 0 Å². The Morgan fingerprint density at radius 2 is 1.93 bits per heavy atom. The van der Waals surface area contributed by atoms with Gasteiger partial charge in [-0.1, -0.05) is 60.0 Å². The molecule has 1 saturated carbocycles. The molecule has 0 radical (unpaired) electrons. The lowest BCUT2D eigenvalue weighted by Gasteiger charge is -2.51. The van der Waals surface area contributed by atoms with Crippen molar-refractivity contribution in [1.82, 2.24) is 0 Å². The Labute approximate surface area is 177 Å². The number of rotatable bonds is 5. The molecule has 4 rings (SSSR count). The summed E-state index contributed by atoms with van der Waals surface area (Å²) < 4.78 is 6.05. The van der Waals surface area contributed by atoms with Crippen LogP contribution in [0.15, 0.2) is 23.0 Å². The van der Waals surface area contributed by atoms with Crippen molar-refractivity contribution in [2.45, 2.75) is 98.5 Å². The number of allylic oxidation sites excluding steroid dienone is 3. The summed E-state index contributed by atoms with van der Waals surface area (Å²) in [4.78, 5) is 13.0. The summed E-state index contributed by atoms with van der Waals surface area (Å²) in [7, 11) is 0. The Morgan fingerprint density at radius 3 is 2.66 bits per heavy atom. The van der Waals surface area contributed by atoms with Crippen LogP contribution in [0, 0.1) is 34.5 Å². The van der Waals surface area contributed by atoms with Crippen LogP contribution in [0.1, 0.15) is 92.4 Å². The van der Waals surface area contributed by atoms with Gasteiger partial charge in [-0.15, -0.1) is 0 Å². The topological polar surface area (TPSA) is 46.5 Å². The van der Waals surface area contributed by atoms with Crippen LogP contribution in [0.2, 0.25) is 0 Å². The fourth-order valence-electron chi connectivity index (χ4n) is 7.02. The van der Waals surface area contributed by atoms with E-state index in [1.165, 1.54) is 36.8 Å². The molecule has 3 nitrogen and oxygen atoms in total. The Balaban J connectivity index is 1.58. The van der Waals surface area contributed by atoms with Crippen molar-refractivity contribution in [3.8, 4) is 0 Å². The number of hydrogen-bond acceptors (Lipinski definition) is 3. The third kappa shape index (κ3) is 3.42. The van der Waals surface area contributed by atoms with E-state index >= 15 is 0 Å². The Bertz CT molecular complexity index is 732. The number of esters is 1. The van der Waals surface area contributed by atoms with E-state index in [0.29, 0.717) is 18.3 Å². The van der Waals surface area contributed by atoms with E-state index in [0.717, 1.165) is 37.4 Å². The lowest BCUT2D eigenvalue weighted by atomic mass is 9.55. The Hall–Kier alpha value is -1.09. The molecule has 0 aromatic carbocycles. The molecule has 1 N–H and O–H groups in total. The van der Waals surface area contributed by atoms with Crippen LogP contribution in [-0.2, 0) is 9.53 Å². The number of carbonyl (C=O) groups is 1. The zero-order valence-corrected chi connectivity index (χ0v) is 19.1. The van der Waals surface area contributed by atoms with E-state index in [9.17, 15) is 9.90 Å². The standard InChI is InChI=1S/C26H40O3/c1-16(2)7-6-8-17(3)19-9-10-20-23-21(12-14-25(19,20)4)26(5)13-11-18(27)15-22(26)24(28)29-23/h10,16-19,22,27H,6-9,11-15H2,1-5H3/t17-,18?,19-,22-,25-,26-/m1/s1. The maximum Gasteiger partial charge on any atom is 0.315 e. The number of hydrogen-bond donors (Lipinski definition) is 1. The maximum atomic E-state index is 13.0. The minimum atomic E-state index is -0.363. The van der Waals surface area contributed by atoms with Gasteiger partial charge in [-0.25, -0.2) is 0 Å². The van der Waals surface area contributed by atoms with E-state index in [4.69, 9.17) is 4.74 Å². The van der Waals surface area contributed by atoms with E-state index in [2.05, 4.69) is 40.7 Å². The van der Waals surface area contributed by atoms with Crippen molar-refractivity contribution in [2.75, 3.05) is 0 Å². The predicted octanol–water partition coefficient (Wildman–Crippen LogP) is 6.17. The predicted molar refractivity (Wildman–Crippen MR) is 116 cm³/mol. The molecule has 0 aromatic heterocycles. The summed E-state index contributed by atoms with van der Waals surface area (Å²) in [5.41, 5.74) is 2.69. The molecule has 1 heterocycles. The number of aliphatic hydroxyl groups is 1. The Kier molecular flexibility index (Phi) is 5.51. The molecule has 0 bridgehead atoms. The molecule has 1 aliphatic heterocycles. The van der Waals surface area contributed by atoms with Gasteiger partial charge in [0.1, 0.15) is 5.76 Å². The summed E-state index contributed by atoms with van der Waals surface area (Å²) in [6.45, 7) is 11.7. The highest BCUT2D eigenvalue weighted by atomic mass is 16.5. The van der Waals surface area contributed by atoms with Crippen molar-refractivity contribution < 1.29 is 14.6 Å². The van der Waals surface area contributed by atoms with Crippen LogP contribution in [0.4, 0.5) is 0 Å². The zero-order chi connectivity index (χ0) is 21.0. The fraction of sp³-hybridized carbons (Fsp3) is 0.808. The summed E-state index contributed by atoms with van der Waals surface area (Å²) in [6, 6.07) is 0. The van der Waals surface area contributed by atoms with Gasteiger partial charge < -0.3 is 9.84 Å². The quantitative estimate of drug-likeness (QED) is 0.561. The third-order valence-corrected chi connectivity index (χ3v) is 9.00. The second-order valence-corrected chi connectivity index (χ2v) is 11.3. The van der Waals surface area contributed by atoms with Crippen LogP contribution >= 0.6 is 0 Å². The summed E-state index contributed by atoms with van der Waals surface area (Å²) in [5.74, 6) is 2.77. The summed E-state index contributed by atoms with van der Waals surface area (Å²) >= 11 is 0. The van der Waals surface area contributed by atoms with Crippen LogP contribution in [-0.4, -0.2) is 17.2 Å². The monoisotopic (exact) mass is 400 g/mol. The highest BCUT2D eigenvalue weighted by molar-refractivity contribution is 5.79. The summed E-state index contributed by atoms with van der Waals surface area (Å²) in [6.07, 6.45) is 11.5. The fourth-order valence-corrected chi connectivity index (χ4v) is 7.02. The second kappa shape index (κ2) is 7.55. The molecular weight excluding hydrogens is 360 g/mol. The molecule has 1 unspecified atom stereocenters. The zero-order valence-electron chi connectivity index (χ0n) is 19.1. The number of carbonyl (C=O) groups excluding carboxylic acids is 1. The van der Waals surface area contributed by atoms with Crippen LogP contribution < -0.4 is 0 Å². The van der Waals surface area contributed by atoms with Gasteiger partial charge in [-0.3, -0.25) is 4.79 Å². The lowest BCUT2D eigenvalue weighted by molar-refractivity contribution is -0.156. The van der Waals surface area contributed by atoms with Gasteiger partial charge in [0.05, 0.1) is 12.0 Å². The first kappa shape index (κ1) is 21.2.